The van der Waals surface area contributed by atoms with Gasteiger partial charge < -0.3 is 11.1 Å². The number of rotatable bonds is 6. The lowest BCUT2D eigenvalue weighted by Crippen LogP contribution is -2.40. The first-order valence-corrected chi connectivity index (χ1v) is 7.90. The molecule has 0 aromatic heterocycles. The van der Waals surface area contributed by atoms with Gasteiger partial charge in [0, 0.05) is 5.69 Å². The van der Waals surface area contributed by atoms with Crippen molar-refractivity contribution in [3.8, 4) is 0 Å². The molecule has 2 atom stereocenters. The van der Waals surface area contributed by atoms with Gasteiger partial charge in [0.05, 0.1) is 10.9 Å². The molecule has 0 bridgehead atoms. The van der Waals surface area contributed by atoms with Gasteiger partial charge in [0.2, 0.25) is 15.9 Å². The highest BCUT2D eigenvalue weighted by molar-refractivity contribution is 7.89. The highest BCUT2D eigenvalue weighted by atomic mass is 32.2. The maximum Gasteiger partial charge on any atom is 0.241 e. The maximum atomic E-state index is 11.9. The molecule has 0 radical (unpaired) electrons. The number of hydrogen-bond acceptors (Lipinski definition) is 4. The minimum absolute atomic E-state index is 0.0548. The molecule has 0 unspecified atom stereocenters. The monoisotopic (exact) mass is 299 g/mol. The summed E-state index contributed by atoms with van der Waals surface area (Å²) >= 11 is 0. The van der Waals surface area contributed by atoms with E-state index in [4.69, 9.17) is 5.73 Å². The van der Waals surface area contributed by atoms with E-state index in [-0.39, 0.29) is 16.7 Å². The molecule has 0 heterocycles. The van der Waals surface area contributed by atoms with Crippen LogP contribution in [0.5, 0.6) is 0 Å². The first-order valence-electron chi connectivity index (χ1n) is 6.42. The van der Waals surface area contributed by atoms with Gasteiger partial charge in [-0.15, -0.1) is 0 Å². The minimum Gasteiger partial charge on any atom is -0.325 e. The van der Waals surface area contributed by atoms with Crippen LogP contribution in [0.4, 0.5) is 5.69 Å². The van der Waals surface area contributed by atoms with Crippen molar-refractivity contribution in [1.82, 2.24) is 4.72 Å². The molecule has 0 saturated heterocycles. The summed E-state index contributed by atoms with van der Waals surface area (Å²) in [6.45, 7) is 3.85. The fraction of sp³-hybridized carbons (Fsp3) is 0.462. The molecule has 6 nitrogen and oxygen atoms in total. The maximum absolute atomic E-state index is 11.9. The summed E-state index contributed by atoms with van der Waals surface area (Å²) in [7, 11) is -2.20. The van der Waals surface area contributed by atoms with Crippen LogP contribution in [0.25, 0.3) is 0 Å². The van der Waals surface area contributed by atoms with Crippen LogP contribution in [0, 0.1) is 5.92 Å². The van der Waals surface area contributed by atoms with Gasteiger partial charge >= 0.3 is 0 Å². The lowest BCUT2D eigenvalue weighted by atomic mass is 9.99. The number of nitrogens with one attached hydrogen (secondary N) is 2. The molecule has 4 N–H and O–H groups in total. The van der Waals surface area contributed by atoms with E-state index in [9.17, 15) is 13.2 Å². The topological polar surface area (TPSA) is 101 Å². The van der Waals surface area contributed by atoms with E-state index in [1.165, 1.54) is 19.2 Å². The zero-order valence-corrected chi connectivity index (χ0v) is 12.7. The van der Waals surface area contributed by atoms with Crippen LogP contribution in [0.1, 0.15) is 20.3 Å². The van der Waals surface area contributed by atoms with Gasteiger partial charge in [-0.3, -0.25) is 4.79 Å². The van der Waals surface area contributed by atoms with Gasteiger partial charge in [0.25, 0.3) is 0 Å². The van der Waals surface area contributed by atoms with Gasteiger partial charge in [0.1, 0.15) is 0 Å². The summed E-state index contributed by atoms with van der Waals surface area (Å²) in [6.07, 6.45) is 0.794. The Labute approximate surface area is 119 Å². The molecule has 1 amide bonds. The van der Waals surface area contributed by atoms with E-state index in [1.807, 2.05) is 13.8 Å². The Morgan fingerprint density at radius 3 is 2.60 bits per heavy atom. The standard InChI is InChI=1S/C13H21N3O3S/c1-4-9(2)12(14)13(17)16-10-6-5-7-11(8-10)20(18,19)15-3/h5-9,12,15H,4,14H2,1-3H3,(H,16,17)/t9-,12-/m0/s1. The molecular formula is C13H21N3O3S. The Morgan fingerprint density at radius 1 is 1.40 bits per heavy atom. The Morgan fingerprint density at radius 2 is 2.05 bits per heavy atom. The van der Waals surface area contributed by atoms with Crippen LogP contribution < -0.4 is 15.8 Å². The smallest absolute Gasteiger partial charge is 0.241 e. The first-order chi connectivity index (χ1) is 9.31. The van der Waals surface area contributed by atoms with Crippen molar-refractivity contribution in [2.75, 3.05) is 12.4 Å². The summed E-state index contributed by atoms with van der Waals surface area (Å²) in [4.78, 5) is 12.0. The quantitative estimate of drug-likeness (QED) is 0.726. The Kier molecular flexibility index (Phi) is 5.67. The Balaban J connectivity index is 2.90. The van der Waals surface area contributed by atoms with Crippen molar-refractivity contribution < 1.29 is 13.2 Å². The van der Waals surface area contributed by atoms with Gasteiger partial charge in [0.15, 0.2) is 0 Å². The summed E-state index contributed by atoms with van der Waals surface area (Å²) in [5.74, 6) is -0.266. The zero-order valence-electron chi connectivity index (χ0n) is 11.9. The Hall–Kier alpha value is -1.44. The predicted octanol–water partition coefficient (Wildman–Crippen LogP) is 0.907. The number of amides is 1. The second-order valence-electron chi connectivity index (χ2n) is 4.64. The van der Waals surface area contributed by atoms with E-state index in [0.29, 0.717) is 5.69 Å². The van der Waals surface area contributed by atoms with Crippen LogP contribution >= 0.6 is 0 Å². The molecule has 1 aromatic carbocycles. The third kappa shape index (κ3) is 4.03. The van der Waals surface area contributed by atoms with Crippen LogP contribution in [0.2, 0.25) is 0 Å². The molecular weight excluding hydrogens is 278 g/mol. The number of nitrogens with two attached hydrogens (primary N) is 1. The van der Waals surface area contributed by atoms with E-state index in [0.717, 1.165) is 6.42 Å². The van der Waals surface area contributed by atoms with E-state index in [2.05, 4.69) is 10.0 Å². The second-order valence-corrected chi connectivity index (χ2v) is 6.52. The molecule has 0 aliphatic carbocycles. The first kappa shape index (κ1) is 16.6. The summed E-state index contributed by atoms with van der Waals surface area (Å²) < 4.78 is 25.6. The van der Waals surface area contributed by atoms with Crippen molar-refractivity contribution in [2.24, 2.45) is 11.7 Å². The van der Waals surface area contributed by atoms with Crippen molar-refractivity contribution in [3.63, 3.8) is 0 Å². The molecule has 1 aromatic rings. The number of hydrogen-bond donors (Lipinski definition) is 3. The fourth-order valence-electron chi connectivity index (χ4n) is 1.60. The zero-order chi connectivity index (χ0) is 15.3. The normalized spacial score (nSPS) is 14.6. The van der Waals surface area contributed by atoms with Crippen molar-refractivity contribution in [3.05, 3.63) is 24.3 Å². The Bertz CT molecular complexity index is 572. The molecule has 112 valence electrons. The molecule has 0 aliphatic rings. The third-order valence-electron chi connectivity index (χ3n) is 3.24. The minimum atomic E-state index is -3.53. The van der Waals surface area contributed by atoms with Crippen LogP contribution in [-0.4, -0.2) is 27.4 Å². The van der Waals surface area contributed by atoms with Gasteiger partial charge in [-0.2, -0.15) is 0 Å². The summed E-state index contributed by atoms with van der Waals surface area (Å²) in [5.41, 5.74) is 6.23. The molecule has 0 spiro atoms. The number of benzene rings is 1. The van der Waals surface area contributed by atoms with Crippen LogP contribution in [-0.2, 0) is 14.8 Å². The van der Waals surface area contributed by atoms with Crippen molar-refractivity contribution in [1.29, 1.82) is 0 Å². The van der Waals surface area contributed by atoms with Crippen molar-refractivity contribution in [2.45, 2.75) is 31.2 Å². The average molecular weight is 299 g/mol. The number of anilines is 1. The van der Waals surface area contributed by atoms with Gasteiger partial charge in [-0.25, -0.2) is 13.1 Å². The second kappa shape index (κ2) is 6.83. The highest BCUT2D eigenvalue weighted by Crippen LogP contribution is 2.16. The molecule has 20 heavy (non-hydrogen) atoms. The van der Waals surface area contributed by atoms with E-state index < -0.39 is 16.1 Å². The average Bonchev–Trinajstić information content (AvgIpc) is 2.45. The predicted molar refractivity (Wildman–Crippen MR) is 78.7 cm³/mol. The lowest BCUT2D eigenvalue weighted by molar-refractivity contribution is -0.118. The molecule has 1 rings (SSSR count). The number of carbonyl (C=O) groups excluding carboxylic acids is 1. The molecule has 7 heteroatoms. The third-order valence-corrected chi connectivity index (χ3v) is 4.65. The number of sulfonamides is 1. The van der Waals surface area contributed by atoms with E-state index in [1.54, 1.807) is 12.1 Å². The summed E-state index contributed by atoms with van der Waals surface area (Å²) in [6, 6.07) is 5.41. The van der Waals surface area contributed by atoms with Crippen molar-refractivity contribution >= 4 is 21.6 Å². The fourth-order valence-corrected chi connectivity index (χ4v) is 2.37. The SMILES string of the molecule is CC[C@H](C)[C@H](N)C(=O)Nc1cccc(S(=O)(=O)NC)c1. The largest absolute Gasteiger partial charge is 0.325 e. The van der Waals surface area contributed by atoms with Crippen LogP contribution in [0.15, 0.2) is 29.2 Å². The highest BCUT2D eigenvalue weighted by Gasteiger charge is 2.20. The number of carbonyl (C=O) groups is 1. The van der Waals surface area contributed by atoms with Crippen LogP contribution in [0.3, 0.4) is 0 Å². The van der Waals surface area contributed by atoms with Gasteiger partial charge in [-0.05, 0) is 31.2 Å². The summed E-state index contributed by atoms with van der Waals surface area (Å²) in [5, 5.41) is 2.64. The molecule has 0 saturated carbocycles. The van der Waals surface area contributed by atoms with Gasteiger partial charge in [-0.1, -0.05) is 26.3 Å². The van der Waals surface area contributed by atoms with E-state index >= 15 is 0 Å². The lowest BCUT2D eigenvalue weighted by Gasteiger charge is -2.18. The molecule has 0 aliphatic heterocycles. The molecule has 0 fully saturated rings.